The molecular formula is C23H32N4O4. The zero-order valence-electron chi connectivity index (χ0n) is 19.0. The van der Waals surface area contributed by atoms with Gasteiger partial charge in [0.2, 0.25) is 5.75 Å². The van der Waals surface area contributed by atoms with Gasteiger partial charge >= 0.3 is 0 Å². The van der Waals surface area contributed by atoms with Gasteiger partial charge in [0.05, 0.1) is 34.1 Å². The maximum absolute atomic E-state index is 5.59. The maximum atomic E-state index is 5.59. The summed E-state index contributed by atoms with van der Waals surface area (Å²) in [5.41, 5.74) is 2.09. The van der Waals surface area contributed by atoms with E-state index in [0.717, 1.165) is 49.1 Å². The summed E-state index contributed by atoms with van der Waals surface area (Å²) < 4.78 is 22.0. The zero-order valence-corrected chi connectivity index (χ0v) is 19.0. The third kappa shape index (κ3) is 4.90. The number of hydrogen-bond donors (Lipinski definition) is 1. The van der Waals surface area contributed by atoms with Gasteiger partial charge in [0.1, 0.15) is 5.75 Å². The lowest BCUT2D eigenvalue weighted by Crippen LogP contribution is -2.52. The maximum Gasteiger partial charge on any atom is 0.203 e. The number of piperazine rings is 1. The molecular weight excluding hydrogens is 396 g/mol. The van der Waals surface area contributed by atoms with Crippen LogP contribution in [-0.2, 0) is 6.54 Å². The molecule has 168 valence electrons. The second kappa shape index (κ2) is 10.7. The normalized spacial score (nSPS) is 14.3. The van der Waals surface area contributed by atoms with Gasteiger partial charge in [-0.2, -0.15) is 0 Å². The highest BCUT2D eigenvalue weighted by molar-refractivity contribution is 5.80. The average molecular weight is 429 g/mol. The van der Waals surface area contributed by atoms with Gasteiger partial charge in [0.25, 0.3) is 0 Å². The van der Waals surface area contributed by atoms with E-state index in [1.165, 1.54) is 0 Å². The number of rotatable bonds is 7. The van der Waals surface area contributed by atoms with E-state index in [1.807, 2.05) is 30.3 Å². The molecule has 3 rings (SSSR count). The predicted octanol–water partition coefficient (Wildman–Crippen LogP) is 2.62. The second-order valence-corrected chi connectivity index (χ2v) is 7.04. The first kappa shape index (κ1) is 22.4. The standard InChI is InChI=1S/C23H32N4O4/c1-24-23(25-16-17-10-11-20(29-3)22(31-5)21(17)30-4)27-14-12-26(13-15-27)18-8-6-7-9-19(18)28-2/h6-11H,12-16H2,1-5H3,(H,24,25). The number of anilines is 1. The molecule has 1 fully saturated rings. The molecule has 1 aliphatic heterocycles. The molecule has 0 aliphatic carbocycles. The molecule has 31 heavy (non-hydrogen) atoms. The van der Waals surface area contributed by atoms with Crippen molar-refractivity contribution >= 4 is 11.6 Å². The van der Waals surface area contributed by atoms with Crippen molar-refractivity contribution in [2.24, 2.45) is 4.99 Å². The number of methoxy groups -OCH3 is 4. The zero-order chi connectivity index (χ0) is 22.2. The number of para-hydroxylation sites is 2. The Morgan fingerprint density at radius 1 is 0.839 bits per heavy atom. The van der Waals surface area contributed by atoms with Crippen LogP contribution in [0.5, 0.6) is 23.0 Å². The lowest BCUT2D eigenvalue weighted by molar-refractivity contribution is 0.321. The first-order chi connectivity index (χ1) is 15.2. The van der Waals surface area contributed by atoms with E-state index in [4.69, 9.17) is 18.9 Å². The summed E-state index contributed by atoms with van der Waals surface area (Å²) in [5.74, 6) is 3.64. The molecule has 0 unspecified atom stereocenters. The van der Waals surface area contributed by atoms with Crippen LogP contribution in [0.2, 0.25) is 0 Å². The quantitative estimate of drug-likeness (QED) is 0.537. The minimum atomic E-state index is 0.558. The third-order valence-electron chi connectivity index (χ3n) is 5.44. The Morgan fingerprint density at radius 3 is 2.13 bits per heavy atom. The van der Waals surface area contributed by atoms with Crippen LogP contribution >= 0.6 is 0 Å². The van der Waals surface area contributed by atoms with Gasteiger partial charge in [-0.1, -0.05) is 12.1 Å². The predicted molar refractivity (Wildman–Crippen MR) is 123 cm³/mol. The Kier molecular flexibility index (Phi) is 7.70. The van der Waals surface area contributed by atoms with E-state index in [0.29, 0.717) is 23.8 Å². The molecule has 0 atom stereocenters. The minimum Gasteiger partial charge on any atom is -0.495 e. The summed E-state index contributed by atoms with van der Waals surface area (Å²) in [4.78, 5) is 9.09. The van der Waals surface area contributed by atoms with Crippen molar-refractivity contribution in [3.8, 4) is 23.0 Å². The third-order valence-corrected chi connectivity index (χ3v) is 5.44. The molecule has 2 aromatic carbocycles. The van der Waals surface area contributed by atoms with Crippen LogP contribution in [0.25, 0.3) is 0 Å². The number of benzene rings is 2. The van der Waals surface area contributed by atoms with Crippen molar-refractivity contribution < 1.29 is 18.9 Å². The van der Waals surface area contributed by atoms with Crippen LogP contribution in [0.3, 0.4) is 0 Å². The summed E-state index contributed by atoms with van der Waals surface area (Å²) in [6, 6.07) is 12.0. The van der Waals surface area contributed by atoms with E-state index in [9.17, 15) is 0 Å². The topological polar surface area (TPSA) is 67.8 Å². The molecule has 8 nitrogen and oxygen atoms in total. The lowest BCUT2D eigenvalue weighted by atomic mass is 10.1. The van der Waals surface area contributed by atoms with Gasteiger partial charge in [0.15, 0.2) is 17.5 Å². The minimum absolute atomic E-state index is 0.558. The van der Waals surface area contributed by atoms with Gasteiger partial charge < -0.3 is 34.1 Å². The number of nitrogens with zero attached hydrogens (tertiary/aromatic N) is 3. The van der Waals surface area contributed by atoms with Gasteiger partial charge in [-0.3, -0.25) is 4.99 Å². The highest BCUT2D eigenvalue weighted by Crippen LogP contribution is 2.39. The molecule has 2 aromatic rings. The van der Waals surface area contributed by atoms with Crippen molar-refractivity contribution in [1.82, 2.24) is 10.2 Å². The monoisotopic (exact) mass is 428 g/mol. The van der Waals surface area contributed by atoms with Crippen LogP contribution in [-0.4, -0.2) is 72.5 Å². The summed E-state index contributed by atoms with van der Waals surface area (Å²) in [6.07, 6.45) is 0. The molecule has 0 bridgehead atoms. The van der Waals surface area contributed by atoms with Crippen molar-refractivity contribution in [2.45, 2.75) is 6.54 Å². The second-order valence-electron chi connectivity index (χ2n) is 7.04. The van der Waals surface area contributed by atoms with Crippen LogP contribution in [0.4, 0.5) is 5.69 Å². The molecule has 8 heteroatoms. The van der Waals surface area contributed by atoms with Gasteiger partial charge in [-0.25, -0.2) is 0 Å². The Balaban J connectivity index is 1.65. The highest BCUT2D eigenvalue weighted by atomic mass is 16.5. The Bertz CT molecular complexity index is 895. The van der Waals surface area contributed by atoms with Gasteiger partial charge in [-0.15, -0.1) is 0 Å². The number of hydrogen-bond acceptors (Lipinski definition) is 6. The fourth-order valence-corrected chi connectivity index (χ4v) is 3.86. The van der Waals surface area contributed by atoms with Crippen molar-refractivity contribution in [3.05, 3.63) is 42.0 Å². The molecule has 0 radical (unpaired) electrons. The van der Waals surface area contributed by atoms with E-state index in [1.54, 1.807) is 35.5 Å². The molecule has 1 aliphatic rings. The van der Waals surface area contributed by atoms with E-state index < -0.39 is 0 Å². The van der Waals surface area contributed by atoms with Crippen molar-refractivity contribution in [1.29, 1.82) is 0 Å². The van der Waals surface area contributed by atoms with E-state index in [-0.39, 0.29) is 0 Å². The molecule has 0 spiro atoms. The number of guanidine groups is 1. The Morgan fingerprint density at radius 2 is 1.52 bits per heavy atom. The SMILES string of the molecule is CN=C(NCc1ccc(OC)c(OC)c1OC)N1CCN(c2ccccc2OC)CC1. The fourth-order valence-electron chi connectivity index (χ4n) is 3.86. The fraction of sp³-hybridized carbons (Fsp3) is 0.435. The summed E-state index contributed by atoms with van der Waals surface area (Å²) in [5, 5.41) is 3.45. The van der Waals surface area contributed by atoms with Crippen molar-refractivity contribution in [2.75, 3.05) is 66.6 Å². The van der Waals surface area contributed by atoms with Gasteiger partial charge in [0, 0.05) is 45.3 Å². The summed E-state index contributed by atoms with van der Waals surface area (Å²) in [7, 11) is 8.37. The number of ether oxygens (including phenoxy) is 4. The van der Waals surface area contributed by atoms with Crippen LogP contribution in [0, 0.1) is 0 Å². The molecule has 1 N–H and O–H groups in total. The summed E-state index contributed by atoms with van der Waals surface area (Å²) >= 11 is 0. The molecule has 0 amide bonds. The number of aliphatic imine (C=N–C) groups is 1. The van der Waals surface area contributed by atoms with Gasteiger partial charge in [-0.05, 0) is 24.3 Å². The smallest absolute Gasteiger partial charge is 0.203 e. The Hall–Kier alpha value is -3.29. The molecule has 1 heterocycles. The molecule has 1 saturated heterocycles. The number of nitrogens with one attached hydrogen (secondary N) is 1. The lowest BCUT2D eigenvalue weighted by Gasteiger charge is -2.38. The largest absolute Gasteiger partial charge is 0.495 e. The van der Waals surface area contributed by atoms with Crippen molar-refractivity contribution in [3.63, 3.8) is 0 Å². The highest BCUT2D eigenvalue weighted by Gasteiger charge is 2.22. The first-order valence-corrected chi connectivity index (χ1v) is 10.3. The average Bonchev–Trinajstić information content (AvgIpc) is 2.84. The molecule has 0 saturated carbocycles. The summed E-state index contributed by atoms with van der Waals surface area (Å²) in [6.45, 7) is 4.06. The van der Waals surface area contributed by atoms with E-state index in [2.05, 4.69) is 26.2 Å². The van der Waals surface area contributed by atoms with Crippen LogP contribution < -0.4 is 29.2 Å². The van der Waals surface area contributed by atoms with E-state index >= 15 is 0 Å². The molecule has 0 aromatic heterocycles. The van der Waals surface area contributed by atoms with Crippen LogP contribution in [0.1, 0.15) is 5.56 Å². The first-order valence-electron chi connectivity index (χ1n) is 10.3. The van der Waals surface area contributed by atoms with Crippen LogP contribution in [0.15, 0.2) is 41.4 Å². The Labute approximate surface area is 184 Å².